The fourth-order valence-corrected chi connectivity index (χ4v) is 5.74. The van der Waals surface area contributed by atoms with Crippen LogP contribution in [0, 0.1) is 11.7 Å². The molecule has 0 unspecified atom stereocenters. The lowest BCUT2D eigenvalue weighted by molar-refractivity contribution is -0.125. The largest absolute Gasteiger partial charge is 0.355 e. The van der Waals surface area contributed by atoms with E-state index in [4.69, 9.17) is 11.6 Å². The Morgan fingerprint density at radius 3 is 2.47 bits per heavy atom. The molecule has 1 aliphatic heterocycles. The number of carbonyl (C=O) groups excluding carboxylic acids is 1. The van der Waals surface area contributed by atoms with Crippen LogP contribution in [0.3, 0.4) is 0 Å². The smallest absolute Gasteiger partial charge is 0.243 e. The summed E-state index contributed by atoms with van der Waals surface area (Å²) in [5.41, 5.74) is 0.656. The molecular formula is C21H24ClFN2O3S2. The second-order valence-corrected chi connectivity index (χ2v) is 10.5. The molecule has 1 saturated heterocycles. The number of halogens is 2. The van der Waals surface area contributed by atoms with Gasteiger partial charge in [0.1, 0.15) is 5.82 Å². The van der Waals surface area contributed by atoms with Gasteiger partial charge in [-0.25, -0.2) is 12.8 Å². The first-order valence-electron chi connectivity index (χ1n) is 9.72. The first kappa shape index (κ1) is 23.1. The summed E-state index contributed by atoms with van der Waals surface area (Å²) in [6, 6.07) is 12.8. The van der Waals surface area contributed by atoms with E-state index < -0.39 is 10.0 Å². The molecule has 9 heteroatoms. The number of hydrogen-bond acceptors (Lipinski definition) is 4. The number of carbonyl (C=O) groups is 1. The summed E-state index contributed by atoms with van der Waals surface area (Å²) in [5.74, 6) is 0.783. The van der Waals surface area contributed by atoms with Gasteiger partial charge in [-0.2, -0.15) is 16.1 Å². The summed E-state index contributed by atoms with van der Waals surface area (Å²) in [6.07, 6.45) is 0.974. The molecular weight excluding hydrogens is 447 g/mol. The maximum atomic E-state index is 13.6. The van der Waals surface area contributed by atoms with Gasteiger partial charge in [0.15, 0.2) is 0 Å². The lowest BCUT2D eigenvalue weighted by Crippen LogP contribution is -2.43. The molecule has 3 rings (SSSR count). The lowest BCUT2D eigenvalue weighted by atomic mass is 9.97. The van der Waals surface area contributed by atoms with Gasteiger partial charge in [-0.3, -0.25) is 4.79 Å². The monoisotopic (exact) mass is 470 g/mol. The van der Waals surface area contributed by atoms with Crippen LogP contribution in [0.1, 0.15) is 18.4 Å². The number of sulfonamides is 1. The van der Waals surface area contributed by atoms with Crippen molar-refractivity contribution in [2.24, 2.45) is 5.92 Å². The van der Waals surface area contributed by atoms with Crippen molar-refractivity contribution in [3.8, 4) is 0 Å². The Bertz CT molecular complexity index is 962. The lowest BCUT2D eigenvalue weighted by Gasteiger charge is -2.30. The third-order valence-electron chi connectivity index (χ3n) is 5.04. The van der Waals surface area contributed by atoms with Crippen LogP contribution in [-0.2, 0) is 20.6 Å². The Morgan fingerprint density at radius 2 is 1.80 bits per heavy atom. The number of thioether (sulfide) groups is 1. The Kier molecular flexibility index (Phi) is 8.16. The zero-order valence-electron chi connectivity index (χ0n) is 16.4. The fraction of sp³-hybridized carbons (Fsp3) is 0.381. The Labute approximate surface area is 186 Å². The number of rotatable bonds is 8. The number of hydrogen-bond donors (Lipinski definition) is 1. The average molecular weight is 471 g/mol. The Balaban J connectivity index is 1.40. The topological polar surface area (TPSA) is 66.5 Å². The first-order valence-corrected chi connectivity index (χ1v) is 12.7. The van der Waals surface area contributed by atoms with Crippen molar-refractivity contribution < 1.29 is 17.6 Å². The SMILES string of the molecule is O=C(NCCSCc1ccccc1F)C1CCN(S(=O)(=O)c2ccc(Cl)cc2)CC1. The van der Waals surface area contributed by atoms with E-state index in [2.05, 4.69) is 5.32 Å². The van der Waals surface area contributed by atoms with Crippen molar-refractivity contribution in [2.75, 3.05) is 25.4 Å². The molecule has 2 aromatic rings. The summed E-state index contributed by atoms with van der Waals surface area (Å²) in [6.45, 7) is 1.12. The number of piperidine rings is 1. The zero-order valence-corrected chi connectivity index (χ0v) is 18.8. The highest BCUT2D eigenvalue weighted by Crippen LogP contribution is 2.25. The van der Waals surface area contributed by atoms with Gasteiger partial charge in [0.05, 0.1) is 4.90 Å². The molecule has 2 aromatic carbocycles. The quantitative estimate of drug-likeness (QED) is 0.593. The van der Waals surface area contributed by atoms with E-state index in [1.807, 2.05) is 0 Å². The van der Waals surface area contributed by atoms with E-state index in [9.17, 15) is 17.6 Å². The maximum absolute atomic E-state index is 13.6. The van der Waals surface area contributed by atoms with Gasteiger partial charge in [-0.15, -0.1) is 0 Å². The van der Waals surface area contributed by atoms with Gasteiger partial charge >= 0.3 is 0 Å². The van der Waals surface area contributed by atoms with Crippen LogP contribution in [0.2, 0.25) is 5.02 Å². The highest BCUT2D eigenvalue weighted by atomic mass is 35.5. The molecule has 0 aromatic heterocycles. The fourth-order valence-electron chi connectivity index (χ4n) is 3.30. The van der Waals surface area contributed by atoms with Crippen molar-refractivity contribution in [1.29, 1.82) is 0 Å². The number of nitrogens with zero attached hydrogens (tertiary/aromatic N) is 1. The molecule has 1 N–H and O–H groups in total. The zero-order chi connectivity index (χ0) is 21.6. The van der Waals surface area contributed by atoms with Crippen molar-refractivity contribution >= 4 is 39.3 Å². The van der Waals surface area contributed by atoms with E-state index in [0.29, 0.717) is 54.6 Å². The minimum absolute atomic E-state index is 0.0509. The maximum Gasteiger partial charge on any atom is 0.243 e. The number of amides is 1. The van der Waals surface area contributed by atoms with Crippen molar-refractivity contribution in [2.45, 2.75) is 23.5 Å². The van der Waals surface area contributed by atoms with Crippen molar-refractivity contribution in [3.05, 3.63) is 64.9 Å². The van der Waals surface area contributed by atoms with Crippen LogP contribution in [0.25, 0.3) is 0 Å². The van der Waals surface area contributed by atoms with E-state index in [0.717, 1.165) is 0 Å². The Hall–Kier alpha value is -1.61. The molecule has 1 aliphatic rings. The molecule has 30 heavy (non-hydrogen) atoms. The van der Waals surface area contributed by atoms with E-state index in [-0.39, 0.29) is 22.5 Å². The molecule has 0 bridgehead atoms. The molecule has 1 fully saturated rings. The molecule has 0 aliphatic carbocycles. The highest BCUT2D eigenvalue weighted by molar-refractivity contribution is 7.98. The van der Waals surface area contributed by atoms with Gasteiger partial charge in [0.2, 0.25) is 15.9 Å². The summed E-state index contributed by atoms with van der Waals surface area (Å²) in [5, 5.41) is 3.39. The third-order valence-corrected chi connectivity index (χ3v) is 8.21. The average Bonchev–Trinajstić information content (AvgIpc) is 2.75. The van der Waals surface area contributed by atoms with E-state index in [1.54, 1.807) is 42.1 Å². The molecule has 0 radical (unpaired) electrons. The second kappa shape index (κ2) is 10.6. The molecule has 5 nitrogen and oxygen atoms in total. The molecule has 1 amide bonds. The molecule has 1 heterocycles. The number of benzene rings is 2. The summed E-state index contributed by atoms with van der Waals surface area (Å²) in [4.78, 5) is 12.6. The minimum atomic E-state index is -3.57. The molecule has 0 atom stereocenters. The van der Waals surface area contributed by atoms with Gasteiger partial charge in [0, 0.05) is 42.1 Å². The van der Waals surface area contributed by atoms with Crippen LogP contribution >= 0.6 is 23.4 Å². The summed E-state index contributed by atoms with van der Waals surface area (Å²) < 4.78 is 40.4. The highest BCUT2D eigenvalue weighted by Gasteiger charge is 2.31. The predicted molar refractivity (Wildman–Crippen MR) is 119 cm³/mol. The van der Waals surface area contributed by atoms with Crippen LogP contribution in [0.15, 0.2) is 53.4 Å². The standard InChI is InChI=1S/C21H24ClFN2O3S2/c22-18-5-7-19(8-6-18)30(27,28)25-12-9-16(10-13-25)21(26)24-11-14-29-15-17-3-1-2-4-20(17)23/h1-8,16H,9-15H2,(H,24,26). The second-order valence-electron chi connectivity index (χ2n) is 7.07. The van der Waals surface area contributed by atoms with E-state index >= 15 is 0 Å². The summed E-state index contributed by atoms with van der Waals surface area (Å²) in [7, 11) is -3.57. The van der Waals surface area contributed by atoms with Gasteiger partial charge in [0.25, 0.3) is 0 Å². The van der Waals surface area contributed by atoms with Crippen molar-refractivity contribution in [1.82, 2.24) is 9.62 Å². The molecule has 0 saturated carbocycles. The van der Waals surface area contributed by atoms with Crippen molar-refractivity contribution in [3.63, 3.8) is 0 Å². The van der Waals surface area contributed by atoms with Gasteiger partial charge in [-0.05, 0) is 48.7 Å². The van der Waals surface area contributed by atoms with Crippen LogP contribution < -0.4 is 5.32 Å². The summed E-state index contributed by atoms with van der Waals surface area (Å²) >= 11 is 7.39. The van der Waals surface area contributed by atoms with Gasteiger partial charge < -0.3 is 5.32 Å². The van der Waals surface area contributed by atoms with Crippen LogP contribution in [-0.4, -0.2) is 44.0 Å². The first-order chi connectivity index (χ1) is 14.4. The van der Waals surface area contributed by atoms with Crippen LogP contribution in [0.5, 0.6) is 0 Å². The normalized spacial score (nSPS) is 15.8. The minimum Gasteiger partial charge on any atom is -0.355 e. The molecule has 162 valence electrons. The Morgan fingerprint density at radius 1 is 1.13 bits per heavy atom. The number of nitrogens with one attached hydrogen (secondary N) is 1. The third kappa shape index (κ3) is 5.97. The predicted octanol–water partition coefficient (Wildman–Crippen LogP) is 3.93. The molecule has 0 spiro atoms. The van der Waals surface area contributed by atoms with E-state index in [1.165, 1.54) is 22.5 Å². The van der Waals surface area contributed by atoms with Crippen LogP contribution in [0.4, 0.5) is 4.39 Å². The van der Waals surface area contributed by atoms with Gasteiger partial charge in [-0.1, -0.05) is 29.8 Å².